The molecule has 5 rings (SSSR count). The number of piperazine rings is 1. The highest BCUT2D eigenvalue weighted by Crippen LogP contribution is 2.24. The normalized spacial score (nSPS) is 18.1. The van der Waals surface area contributed by atoms with Crippen molar-refractivity contribution in [2.75, 3.05) is 26.2 Å². The Bertz CT molecular complexity index is 1130. The van der Waals surface area contributed by atoms with Crippen LogP contribution in [0.15, 0.2) is 31.0 Å². The van der Waals surface area contributed by atoms with Crippen LogP contribution in [0.25, 0.3) is 22.3 Å². The molecule has 172 valence electrons. The van der Waals surface area contributed by atoms with Crippen LogP contribution in [0.5, 0.6) is 0 Å². The number of fused-ring (bicyclic) bond motifs is 1. The molecule has 1 aliphatic heterocycles. The number of carbonyl (C=O) groups is 1. The highest BCUT2D eigenvalue weighted by molar-refractivity contribution is 5.89. The summed E-state index contributed by atoms with van der Waals surface area (Å²) < 4.78 is 1.94. The zero-order chi connectivity index (χ0) is 22.6. The number of H-pyrrole nitrogens is 1. The van der Waals surface area contributed by atoms with Crippen molar-refractivity contribution >= 4 is 17.1 Å². The number of hydrogen-bond donors (Lipinski definition) is 2. The quantitative estimate of drug-likeness (QED) is 0.574. The van der Waals surface area contributed by atoms with E-state index >= 15 is 0 Å². The topological polar surface area (TPSA) is 119 Å². The Morgan fingerprint density at radius 1 is 1.27 bits per heavy atom. The van der Waals surface area contributed by atoms with Crippen molar-refractivity contribution in [1.29, 1.82) is 5.26 Å². The lowest BCUT2D eigenvalue weighted by atomic mass is 9.93. The average Bonchev–Trinajstić information content (AvgIpc) is 3.48. The van der Waals surface area contributed by atoms with E-state index in [9.17, 15) is 10.1 Å². The van der Waals surface area contributed by atoms with Gasteiger partial charge in [-0.3, -0.25) is 9.58 Å². The summed E-state index contributed by atoms with van der Waals surface area (Å²) in [5.41, 5.74) is 2.60. The Kier molecular flexibility index (Phi) is 6.21. The fraction of sp³-hybridized carbons (Fsp3) is 0.522. The first-order valence-corrected chi connectivity index (χ1v) is 11.7. The first-order chi connectivity index (χ1) is 16.2. The van der Waals surface area contributed by atoms with E-state index in [0.29, 0.717) is 32.1 Å². The molecule has 0 spiro atoms. The van der Waals surface area contributed by atoms with Crippen LogP contribution in [0.2, 0.25) is 0 Å². The fourth-order valence-corrected chi connectivity index (χ4v) is 4.63. The summed E-state index contributed by atoms with van der Waals surface area (Å²) >= 11 is 0. The lowest BCUT2D eigenvalue weighted by Gasteiger charge is -2.40. The smallest absolute Gasteiger partial charge is 0.317 e. The third-order valence-corrected chi connectivity index (χ3v) is 6.80. The second kappa shape index (κ2) is 9.58. The second-order valence-corrected chi connectivity index (χ2v) is 8.86. The van der Waals surface area contributed by atoms with Crippen LogP contribution in [-0.2, 0) is 6.54 Å². The molecule has 0 aromatic carbocycles. The molecule has 0 bridgehead atoms. The molecule has 1 aliphatic carbocycles. The molecule has 0 radical (unpaired) electrons. The van der Waals surface area contributed by atoms with Crippen molar-refractivity contribution in [3.8, 4) is 17.3 Å². The van der Waals surface area contributed by atoms with Gasteiger partial charge in [0.05, 0.1) is 24.5 Å². The van der Waals surface area contributed by atoms with Gasteiger partial charge < -0.3 is 15.2 Å². The van der Waals surface area contributed by atoms with Crippen molar-refractivity contribution in [3.63, 3.8) is 0 Å². The number of nitriles is 1. The Morgan fingerprint density at radius 2 is 2.12 bits per heavy atom. The molecule has 10 nitrogen and oxygen atoms in total. The van der Waals surface area contributed by atoms with Crippen LogP contribution in [0.1, 0.15) is 32.1 Å². The number of rotatable bonds is 7. The van der Waals surface area contributed by atoms with Crippen molar-refractivity contribution in [1.82, 2.24) is 39.8 Å². The Balaban J connectivity index is 1.23. The minimum atomic E-state index is 0.0607. The van der Waals surface area contributed by atoms with Gasteiger partial charge in [0, 0.05) is 68.0 Å². The molecule has 2 amide bonds. The van der Waals surface area contributed by atoms with Gasteiger partial charge in [-0.25, -0.2) is 14.8 Å². The lowest BCUT2D eigenvalue weighted by molar-refractivity contribution is 0.0927. The molecule has 1 saturated heterocycles. The highest BCUT2D eigenvalue weighted by Gasteiger charge is 2.28. The first-order valence-electron chi connectivity index (χ1n) is 11.7. The fourth-order valence-electron chi connectivity index (χ4n) is 4.63. The van der Waals surface area contributed by atoms with Gasteiger partial charge in [0.2, 0.25) is 0 Å². The standard InChI is InChI=1S/C23H29N9O/c24-7-2-5-19(30-9-11-31(12-10-30)23(33)29-18-3-1-4-18)15-32-14-17(13-28-32)21-20-6-8-25-22(20)27-16-26-21/h6,8,13-14,16,18-19H,1-5,9-12,15H2,(H,29,33)(H,25,26,27)/t19-/m1/s1. The Hall–Kier alpha value is -3.45. The van der Waals surface area contributed by atoms with Crippen LogP contribution in [0.3, 0.4) is 0 Å². The van der Waals surface area contributed by atoms with E-state index in [1.165, 1.54) is 6.42 Å². The van der Waals surface area contributed by atoms with E-state index in [1.54, 1.807) is 6.33 Å². The van der Waals surface area contributed by atoms with E-state index in [2.05, 4.69) is 36.3 Å². The summed E-state index contributed by atoms with van der Waals surface area (Å²) in [7, 11) is 0. The third-order valence-electron chi connectivity index (χ3n) is 6.80. The van der Waals surface area contributed by atoms with E-state index < -0.39 is 0 Å². The molecule has 0 unspecified atom stereocenters. The zero-order valence-corrected chi connectivity index (χ0v) is 18.7. The van der Waals surface area contributed by atoms with Gasteiger partial charge >= 0.3 is 6.03 Å². The van der Waals surface area contributed by atoms with E-state index in [4.69, 9.17) is 0 Å². The van der Waals surface area contributed by atoms with Crippen LogP contribution < -0.4 is 5.32 Å². The molecular formula is C23H29N9O. The second-order valence-electron chi connectivity index (χ2n) is 8.86. The average molecular weight is 448 g/mol. The molecule has 2 N–H and O–H groups in total. The van der Waals surface area contributed by atoms with Gasteiger partial charge in [0.1, 0.15) is 12.0 Å². The maximum atomic E-state index is 12.5. The lowest BCUT2D eigenvalue weighted by Crippen LogP contribution is -2.56. The summed E-state index contributed by atoms with van der Waals surface area (Å²) in [6.45, 7) is 3.71. The first kappa shape index (κ1) is 21.4. The summed E-state index contributed by atoms with van der Waals surface area (Å²) in [5.74, 6) is 0. The predicted molar refractivity (Wildman–Crippen MR) is 123 cm³/mol. The summed E-state index contributed by atoms with van der Waals surface area (Å²) in [4.78, 5) is 28.6. The highest BCUT2D eigenvalue weighted by atomic mass is 16.2. The number of nitrogens with one attached hydrogen (secondary N) is 2. The van der Waals surface area contributed by atoms with E-state index in [0.717, 1.165) is 54.6 Å². The number of nitrogens with zero attached hydrogens (tertiary/aromatic N) is 7. The number of amides is 2. The number of aromatic amines is 1. The SMILES string of the molecule is N#CCC[C@H](Cn1cc(-c2ncnc3[nH]ccc23)cn1)N1CCN(C(=O)NC2CCC2)CC1. The molecule has 33 heavy (non-hydrogen) atoms. The molecule has 1 saturated carbocycles. The molecule has 3 aromatic heterocycles. The van der Waals surface area contributed by atoms with Gasteiger partial charge in [-0.05, 0) is 31.7 Å². The monoisotopic (exact) mass is 447 g/mol. The molecule has 3 aromatic rings. The number of aromatic nitrogens is 5. The van der Waals surface area contributed by atoms with Crippen LogP contribution in [0.4, 0.5) is 4.79 Å². The van der Waals surface area contributed by atoms with Crippen LogP contribution in [0, 0.1) is 11.3 Å². The van der Waals surface area contributed by atoms with Gasteiger partial charge in [0.15, 0.2) is 0 Å². The molecule has 1 atom stereocenters. The minimum absolute atomic E-state index is 0.0607. The Labute approximate surface area is 192 Å². The largest absolute Gasteiger partial charge is 0.346 e. The van der Waals surface area contributed by atoms with Gasteiger partial charge in [-0.2, -0.15) is 10.4 Å². The third kappa shape index (κ3) is 4.68. The minimum Gasteiger partial charge on any atom is -0.346 e. The van der Waals surface area contributed by atoms with Crippen LogP contribution >= 0.6 is 0 Å². The number of hydrogen-bond acceptors (Lipinski definition) is 6. The maximum Gasteiger partial charge on any atom is 0.317 e. The molecule has 4 heterocycles. The predicted octanol–water partition coefficient (Wildman–Crippen LogP) is 2.37. The van der Waals surface area contributed by atoms with Gasteiger partial charge in [-0.15, -0.1) is 0 Å². The van der Waals surface area contributed by atoms with E-state index in [1.807, 2.05) is 34.2 Å². The molecular weight excluding hydrogens is 418 g/mol. The zero-order valence-electron chi connectivity index (χ0n) is 18.7. The van der Waals surface area contributed by atoms with Gasteiger partial charge in [-0.1, -0.05) is 0 Å². The van der Waals surface area contributed by atoms with Crippen molar-refractivity contribution in [2.24, 2.45) is 0 Å². The van der Waals surface area contributed by atoms with Gasteiger partial charge in [0.25, 0.3) is 0 Å². The van der Waals surface area contributed by atoms with E-state index in [-0.39, 0.29) is 12.1 Å². The van der Waals surface area contributed by atoms with Crippen molar-refractivity contribution in [3.05, 3.63) is 31.0 Å². The number of carbonyl (C=O) groups excluding carboxylic acids is 1. The molecule has 10 heteroatoms. The summed E-state index contributed by atoms with van der Waals surface area (Å²) in [6, 6.07) is 4.86. The van der Waals surface area contributed by atoms with Crippen molar-refractivity contribution in [2.45, 2.75) is 50.7 Å². The maximum absolute atomic E-state index is 12.5. The molecule has 2 aliphatic rings. The summed E-state index contributed by atoms with van der Waals surface area (Å²) in [5, 5.41) is 17.8. The Morgan fingerprint density at radius 3 is 2.88 bits per heavy atom. The summed E-state index contributed by atoms with van der Waals surface area (Å²) in [6.07, 6.45) is 11.9. The van der Waals surface area contributed by atoms with Crippen LogP contribution in [-0.4, -0.2) is 78.8 Å². The van der Waals surface area contributed by atoms with Crippen molar-refractivity contribution < 1.29 is 4.79 Å². The molecule has 2 fully saturated rings. The number of urea groups is 1.